The Hall–Kier alpha value is -3.32. The second-order valence-corrected chi connectivity index (χ2v) is 8.34. The zero-order chi connectivity index (χ0) is 20.5. The van der Waals surface area contributed by atoms with Crippen molar-refractivity contribution in [2.75, 3.05) is 13.1 Å². The van der Waals surface area contributed by atoms with Crippen LogP contribution in [0.5, 0.6) is 0 Å². The highest BCUT2D eigenvalue weighted by Crippen LogP contribution is 2.27. The Morgan fingerprint density at radius 3 is 2.63 bits per heavy atom. The van der Waals surface area contributed by atoms with Crippen LogP contribution < -0.4 is 0 Å². The van der Waals surface area contributed by atoms with E-state index in [0.29, 0.717) is 30.5 Å². The third-order valence-electron chi connectivity index (χ3n) is 5.20. The van der Waals surface area contributed by atoms with Crippen molar-refractivity contribution in [3.05, 3.63) is 89.3 Å². The largest absolute Gasteiger partial charge is 0.335 e. The molecule has 5 nitrogen and oxygen atoms in total. The van der Waals surface area contributed by atoms with E-state index in [1.807, 2.05) is 35.7 Å². The van der Waals surface area contributed by atoms with Crippen molar-refractivity contribution < 1.29 is 9.18 Å². The van der Waals surface area contributed by atoms with E-state index in [9.17, 15) is 9.18 Å². The van der Waals surface area contributed by atoms with Gasteiger partial charge < -0.3 is 4.90 Å². The number of nitrogens with zero attached hydrogens (tertiary/aromatic N) is 4. The van der Waals surface area contributed by atoms with Crippen molar-refractivity contribution in [3.8, 4) is 16.4 Å². The molecule has 0 radical (unpaired) electrons. The molecule has 0 saturated carbocycles. The van der Waals surface area contributed by atoms with E-state index in [4.69, 9.17) is 0 Å². The van der Waals surface area contributed by atoms with E-state index in [1.54, 1.807) is 21.7 Å². The van der Waals surface area contributed by atoms with E-state index in [-0.39, 0.29) is 17.5 Å². The van der Waals surface area contributed by atoms with Gasteiger partial charge in [-0.2, -0.15) is 0 Å². The molecule has 5 rings (SSSR count). The lowest BCUT2D eigenvalue weighted by molar-refractivity contribution is 0.0488. The Balaban J connectivity index is 1.37. The lowest BCUT2D eigenvalue weighted by Gasteiger charge is -2.38. The molecule has 4 aromatic rings. The summed E-state index contributed by atoms with van der Waals surface area (Å²) in [6.45, 7) is 1.38. The first-order valence-electron chi connectivity index (χ1n) is 9.77. The molecule has 0 N–H and O–H groups in total. The van der Waals surface area contributed by atoms with Crippen LogP contribution in [0.3, 0.4) is 0 Å². The molecule has 1 saturated heterocycles. The number of hydrogen-bond donors (Lipinski definition) is 0. The lowest BCUT2D eigenvalue weighted by atomic mass is 9.92. The van der Waals surface area contributed by atoms with Crippen LogP contribution in [-0.4, -0.2) is 38.7 Å². The van der Waals surface area contributed by atoms with Crippen molar-refractivity contribution in [1.29, 1.82) is 0 Å². The second-order valence-electron chi connectivity index (χ2n) is 7.39. The molecular formula is C23H19FN4OS. The number of carbonyl (C=O) groups excluding carboxylic acids is 1. The smallest absolute Gasteiger partial charge is 0.293 e. The van der Waals surface area contributed by atoms with Gasteiger partial charge in [-0.25, -0.2) is 14.1 Å². The number of halogens is 1. The lowest BCUT2D eigenvalue weighted by Crippen LogP contribution is -2.51. The summed E-state index contributed by atoms with van der Waals surface area (Å²) in [5.74, 6) is 0.575. The molecule has 0 aliphatic carbocycles. The second kappa shape index (κ2) is 7.84. The molecule has 2 aromatic carbocycles. The highest BCUT2D eigenvalue weighted by Gasteiger charge is 2.33. The number of rotatable bonds is 5. The summed E-state index contributed by atoms with van der Waals surface area (Å²) >= 11 is 1.50. The predicted molar refractivity (Wildman–Crippen MR) is 114 cm³/mol. The highest BCUT2D eigenvalue weighted by molar-refractivity contribution is 7.13. The van der Waals surface area contributed by atoms with Gasteiger partial charge in [0.15, 0.2) is 5.82 Å². The summed E-state index contributed by atoms with van der Waals surface area (Å²) in [4.78, 5) is 20.1. The monoisotopic (exact) mass is 418 g/mol. The van der Waals surface area contributed by atoms with Crippen LogP contribution in [-0.2, 0) is 6.42 Å². The van der Waals surface area contributed by atoms with Crippen LogP contribution >= 0.6 is 11.3 Å². The Bertz CT molecular complexity index is 1170. The summed E-state index contributed by atoms with van der Waals surface area (Å²) in [6.07, 6.45) is 0.955. The van der Waals surface area contributed by atoms with Gasteiger partial charge in [-0.15, -0.1) is 16.4 Å². The molecule has 1 aliphatic rings. The minimum atomic E-state index is -0.362. The molecule has 1 amide bonds. The van der Waals surface area contributed by atoms with Crippen molar-refractivity contribution in [1.82, 2.24) is 19.7 Å². The van der Waals surface area contributed by atoms with Crippen molar-refractivity contribution >= 4 is 17.2 Å². The van der Waals surface area contributed by atoms with Crippen LogP contribution in [0.25, 0.3) is 16.4 Å². The van der Waals surface area contributed by atoms with Crippen LogP contribution in [0.15, 0.2) is 72.1 Å². The number of thiophene rings is 1. The molecular weight excluding hydrogens is 399 g/mol. The summed E-state index contributed by atoms with van der Waals surface area (Å²) in [6, 6.07) is 20.3. The van der Waals surface area contributed by atoms with Gasteiger partial charge in [0.25, 0.3) is 5.91 Å². The van der Waals surface area contributed by atoms with Gasteiger partial charge in [0.05, 0.1) is 10.6 Å². The molecule has 2 aromatic heterocycles. The van der Waals surface area contributed by atoms with Crippen molar-refractivity contribution in [2.24, 2.45) is 5.92 Å². The van der Waals surface area contributed by atoms with Gasteiger partial charge in [0.2, 0.25) is 5.82 Å². The van der Waals surface area contributed by atoms with Gasteiger partial charge in [0.1, 0.15) is 5.82 Å². The van der Waals surface area contributed by atoms with Crippen LogP contribution in [0, 0.1) is 11.7 Å². The van der Waals surface area contributed by atoms with E-state index in [1.165, 1.54) is 29.0 Å². The first kappa shape index (κ1) is 18.7. The Morgan fingerprint density at radius 1 is 1.07 bits per heavy atom. The average molecular weight is 418 g/mol. The van der Waals surface area contributed by atoms with Crippen molar-refractivity contribution in [3.63, 3.8) is 0 Å². The van der Waals surface area contributed by atoms with Crippen LogP contribution in [0.4, 0.5) is 4.39 Å². The quantitative estimate of drug-likeness (QED) is 0.481. The zero-order valence-electron chi connectivity index (χ0n) is 16.1. The summed E-state index contributed by atoms with van der Waals surface area (Å²) < 4.78 is 15.3. The van der Waals surface area contributed by atoms with E-state index >= 15 is 0 Å². The average Bonchev–Trinajstić information content (AvgIpc) is 3.40. The fraction of sp³-hybridized carbons (Fsp3) is 0.174. The van der Waals surface area contributed by atoms with E-state index < -0.39 is 0 Å². The normalized spacial score (nSPS) is 14.0. The van der Waals surface area contributed by atoms with E-state index in [0.717, 1.165) is 11.3 Å². The van der Waals surface area contributed by atoms with Crippen LogP contribution in [0.2, 0.25) is 0 Å². The molecule has 1 fully saturated rings. The Morgan fingerprint density at radius 2 is 1.90 bits per heavy atom. The maximum atomic E-state index is 13.8. The Labute approximate surface area is 177 Å². The highest BCUT2D eigenvalue weighted by atomic mass is 32.1. The fourth-order valence-electron chi connectivity index (χ4n) is 3.71. The number of amides is 1. The molecule has 30 heavy (non-hydrogen) atoms. The van der Waals surface area contributed by atoms with Crippen LogP contribution in [0.1, 0.15) is 16.2 Å². The van der Waals surface area contributed by atoms with Gasteiger partial charge in [-0.05, 0) is 47.5 Å². The minimum Gasteiger partial charge on any atom is -0.335 e. The first-order valence-corrected chi connectivity index (χ1v) is 10.7. The first-order chi connectivity index (χ1) is 14.7. The molecule has 1 aliphatic heterocycles. The van der Waals surface area contributed by atoms with E-state index in [2.05, 4.69) is 22.2 Å². The van der Waals surface area contributed by atoms with Crippen molar-refractivity contribution in [2.45, 2.75) is 6.42 Å². The predicted octanol–water partition coefficient (Wildman–Crippen LogP) is 4.45. The van der Waals surface area contributed by atoms with Gasteiger partial charge >= 0.3 is 0 Å². The fourth-order valence-corrected chi connectivity index (χ4v) is 4.41. The SMILES string of the molecule is O=C(c1nc(-c2cccs2)n(-c2cccc(F)c2)n1)N1CC(Cc2ccccc2)C1. The number of aromatic nitrogens is 3. The molecule has 0 bridgehead atoms. The summed E-state index contributed by atoms with van der Waals surface area (Å²) in [7, 11) is 0. The standard InChI is InChI=1S/C23H19FN4OS/c24-18-8-4-9-19(13-18)28-22(20-10-5-11-30-20)25-21(26-28)23(29)27-14-17(15-27)12-16-6-2-1-3-7-16/h1-11,13,17H,12,14-15H2. The van der Waals surface area contributed by atoms with Gasteiger partial charge in [0, 0.05) is 13.1 Å². The zero-order valence-corrected chi connectivity index (χ0v) is 16.9. The molecule has 0 unspecified atom stereocenters. The van der Waals surface area contributed by atoms with Gasteiger partial charge in [-0.3, -0.25) is 4.79 Å². The maximum Gasteiger partial charge on any atom is 0.293 e. The maximum absolute atomic E-state index is 13.8. The molecule has 3 heterocycles. The molecule has 0 spiro atoms. The third-order valence-corrected chi connectivity index (χ3v) is 6.07. The van der Waals surface area contributed by atoms with Gasteiger partial charge in [-0.1, -0.05) is 42.5 Å². The summed E-state index contributed by atoms with van der Waals surface area (Å²) in [5.41, 5.74) is 1.82. The topological polar surface area (TPSA) is 51.0 Å². The number of hydrogen-bond acceptors (Lipinski definition) is 4. The number of benzene rings is 2. The third kappa shape index (κ3) is 3.64. The molecule has 150 valence electrons. The molecule has 0 atom stereocenters. The minimum absolute atomic E-state index is 0.140. The number of carbonyl (C=O) groups is 1. The molecule has 7 heteroatoms. The Kier molecular flexibility index (Phi) is 4.88. The summed E-state index contributed by atoms with van der Waals surface area (Å²) in [5, 5.41) is 6.38. The number of likely N-dealkylation sites (tertiary alicyclic amines) is 1.